The fourth-order valence-corrected chi connectivity index (χ4v) is 2.96. The molecule has 0 aromatic heterocycles. The molecule has 0 aliphatic rings. The van der Waals surface area contributed by atoms with Gasteiger partial charge in [0.1, 0.15) is 0 Å². The second-order valence-electron chi connectivity index (χ2n) is 6.85. The van der Waals surface area contributed by atoms with Crippen LogP contribution in [0, 0.1) is 6.92 Å². The molecule has 0 heterocycles. The van der Waals surface area contributed by atoms with Gasteiger partial charge < -0.3 is 5.32 Å². The van der Waals surface area contributed by atoms with Crippen molar-refractivity contribution in [2.24, 2.45) is 0 Å². The standard InChI is InChI=1S/C22H23NO2/c1-14(2)17-8-10-18(11-9-17)19-20(22(25)21(19)24)23-13-12-16-6-4-15(3)5-7-16/h4-11,14,23H,12-13H2,1-3H3. The maximum Gasteiger partial charge on any atom is 0.250 e. The van der Waals surface area contributed by atoms with E-state index in [1.54, 1.807) is 0 Å². The highest BCUT2D eigenvalue weighted by Gasteiger charge is 2.21. The van der Waals surface area contributed by atoms with Crippen LogP contribution < -0.4 is 16.2 Å². The summed E-state index contributed by atoms with van der Waals surface area (Å²) in [6, 6.07) is 16.2. The lowest BCUT2D eigenvalue weighted by Crippen LogP contribution is -2.36. The highest BCUT2D eigenvalue weighted by Crippen LogP contribution is 2.25. The molecule has 0 atom stereocenters. The van der Waals surface area contributed by atoms with Crippen molar-refractivity contribution in [3.63, 3.8) is 0 Å². The molecule has 0 aliphatic carbocycles. The Kier molecular flexibility index (Phi) is 4.84. The van der Waals surface area contributed by atoms with Gasteiger partial charge in [-0.3, -0.25) is 9.59 Å². The summed E-state index contributed by atoms with van der Waals surface area (Å²) in [6.45, 7) is 6.95. The molecule has 3 rings (SSSR count). The van der Waals surface area contributed by atoms with Crippen molar-refractivity contribution in [3.05, 3.63) is 85.7 Å². The predicted octanol–water partition coefficient (Wildman–Crippen LogP) is 4.04. The SMILES string of the molecule is Cc1ccc(CCNc2c(-c3ccc(C(C)C)cc3)c(=O)c2=O)cc1. The molecule has 0 saturated carbocycles. The number of benzene rings is 2. The first-order chi connectivity index (χ1) is 12.0. The summed E-state index contributed by atoms with van der Waals surface area (Å²) >= 11 is 0. The van der Waals surface area contributed by atoms with Crippen molar-refractivity contribution < 1.29 is 0 Å². The third-order valence-corrected chi connectivity index (χ3v) is 4.61. The van der Waals surface area contributed by atoms with Crippen molar-refractivity contribution in [2.75, 3.05) is 11.9 Å². The van der Waals surface area contributed by atoms with E-state index in [1.165, 1.54) is 16.7 Å². The number of hydrogen-bond acceptors (Lipinski definition) is 3. The molecule has 0 amide bonds. The Morgan fingerprint density at radius 2 is 1.52 bits per heavy atom. The van der Waals surface area contributed by atoms with Crippen LogP contribution in [0.4, 0.5) is 5.69 Å². The largest absolute Gasteiger partial charge is 0.381 e. The van der Waals surface area contributed by atoms with Crippen LogP contribution in [0.25, 0.3) is 11.1 Å². The molecule has 0 radical (unpaired) electrons. The van der Waals surface area contributed by atoms with Crippen LogP contribution >= 0.6 is 0 Å². The molecule has 3 nitrogen and oxygen atoms in total. The van der Waals surface area contributed by atoms with Gasteiger partial charge in [-0.1, -0.05) is 67.9 Å². The summed E-state index contributed by atoms with van der Waals surface area (Å²) in [7, 11) is 0. The Bertz CT molecular complexity index is 928. The van der Waals surface area contributed by atoms with Crippen molar-refractivity contribution >= 4 is 5.69 Å². The predicted molar refractivity (Wildman–Crippen MR) is 104 cm³/mol. The Morgan fingerprint density at radius 1 is 0.880 bits per heavy atom. The van der Waals surface area contributed by atoms with E-state index in [0.717, 1.165) is 12.0 Å². The van der Waals surface area contributed by atoms with E-state index in [2.05, 4.69) is 50.4 Å². The molecular formula is C22H23NO2. The molecule has 3 aromatic rings. The van der Waals surface area contributed by atoms with E-state index < -0.39 is 10.9 Å². The summed E-state index contributed by atoms with van der Waals surface area (Å²) in [5.41, 5.74) is 4.63. The van der Waals surface area contributed by atoms with Crippen molar-refractivity contribution in [2.45, 2.75) is 33.1 Å². The minimum atomic E-state index is -0.410. The van der Waals surface area contributed by atoms with Crippen molar-refractivity contribution in [1.82, 2.24) is 0 Å². The average molecular weight is 333 g/mol. The Balaban J connectivity index is 1.73. The first-order valence-electron chi connectivity index (χ1n) is 8.70. The van der Waals surface area contributed by atoms with E-state index in [0.29, 0.717) is 23.7 Å². The van der Waals surface area contributed by atoms with Gasteiger partial charge in [0.15, 0.2) is 0 Å². The zero-order valence-electron chi connectivity index (χ0n) is 14.9. The van der Waals surface area contributed by atoms with Crippen LogP contribution in [-0.2, 0) is 6.42 Å². The van der Waals surface area contributed by atoms with Crippen LogP contribution in [0.2, 0.25) is 0 Å². The smallest absolute Gasteiger partial charge is 0.250 e. The Hall–Kier alpha value is -2.68. The quantitative estimate of drug-likeness (QED) is 0.693. The van der Waals surface area contributed by atoms with Gasteiger partial charge >= 0.3 is 0 Å². The molecule has 128 valence electrons. The summed E-state index contributed by atoms with van der Waals surface area (Å²) in [4.78, 5) is 24.0. The van der Waals surface area contributed by atoms with Crippen LogP contribution in [-0.4, -0.2) is 6.54 Å². The molecule has 3 heteroatoms. The lowest BCUT2D eigenvalue weighted by atomic mass is 9.95. The van der Waals surface area contributed by atoms with Gasteiger partial charge in [-0.15, -0.1) is 0 Å². The lowest BCUT2D eigenvalue weighted by Gasteiger charge is -2.14. The van der Waals surface area contributed by atoms with Crippen molar-refractivity contribution in [1.29, 1.82) is 0 Å². The fourth-order valence-electron chi connectivity index (χ4n) is 2.96. The molecule has 0 bridgehead atoms. The van der Waals surface area contributed by atoms with Crippen LogP contribution in [0.15, 0.2) is 58.1 Å². The molecule has 25 heavy (non-hydrogen) atoms. The summed E-state index contributed by atoms with van der Waals surface area (Å²) in [5, 5.41) is 3.16. The molecule has 0 unspecified atom stereocenters. The van der Waals surface area contributed by atoms with Crippen molar-refractivity contribution in [3.8, 4) is 11.1 Å². The number of aryl methyl sites for hydroxylation is 1. The van der Waals surface area contributed by atoms with E-state index >= 15 is 0 Å². The first kappa shape index (κ1) is 17.2. The molecule has 1 N–H and O–H groups in total. The van der Waals surface area contributed by atoms with Gasteiger partial charge in [-0.05, 0) is 36.0 Å². The second-order valence-corrected chi connectivity index (χ2v) is 6.85. The van der Waals surface area contributed by atoms with Crippen LogP contribution in [0.1, 0.15) is 36.5 Å². The molecule has 3 aromatic carbocycles. The molecule has 0 fully saturated rings. The minimum Gasteiger partial charge on any atom is -0.381 e. The highest BCUT2D eigenvalue weighted by atomic mass is 16.2. The zero-order valence-corrected chi connectivity index (χ0v) is 14.9. The lowest BCUT2D eigenvalue weighted by molar-refractivity contribution is 0.867. The Labute approximate surface area is 148 Å². The second kappa shape index (κ2) is 7.06. The van der Waals surface area contributed by atoms with Gasteiger partial charge in [0.25, 0.3) is 0 Å². The van der Waals surface area contributed by atoms with Crippen LogP contribution in [0.5, 0.6) is 0 Å². The molecular weight excluding hydrogens is 310 g/mol. The maximum absolute atomic E-state index is 12.0. The first-order valence-corrected chi connectivity index (χ1v) is 8.70. The third kappa shape index (κ3) is 3.55. The Morgan fingerprint density at radius 3 is 2.12 bits per heavy atom. The number of rotatable bonds is 6. The van der Waals surface area contributed by atoms with Gasteiger partial charge in [-0.2, -0.15) is 0 Å². The number of anilines is 1. The van der Waals surface area contributed by atoms with Gasteiger partial charge in [0.2, 0.25) is 10.9 Å². The molecule has 0 aliphatic heterocycles. The minimum absolute atomic E-state index is 0.393. The van der Waals surface area contributed by atoms with E-state index in [1.807, 2.05) is 24.3 Å². The molecule has 0 spiro atoms. The normalized spacial score (nSPS) is 11.2. The number of hydrogen-bond donors (Lipinski definition) is 1. The van der Waals surface area contributed by atoms with E-state index in [9.17, 15) is 9.59 Å². The molecule has 0 saturated heterocycles. The average Bonchev–Trinajstić information content (AvgIpc) is 2.62. The summed E-state index contributed by atoms with van der Waals surface area (Å²) in [6.07, 6.45) is 0.810. The summed E-state index contributed by atoms with van der Waals surface area (Å²) < 4.78 is 0. The number of nitrogens with one attached hydrogen (secondary N) is 1. The summed E-state index contributed by atoms with van der Waals surface area (Å²) in [5.74, 6) is 0.439. The van der Waals surface area contributed by atoms with Crippen LogP contribution in [0.3, 0.4) is 0 Å². The topological polar surface area (TPSA) is 46.2 Å². The maximum atomic E-state index is 12.0. The third-order valence-electron chi connectivity index (χ3n) is 4.61. The van der Waals surface area contributed by atoms with Gasteiger partial charge in [0.05, 0.1) is 11.3 Å². The van der Waals surface area contributed by atoms with E-state index in [4.69, 9.17) is 0 Å². The van der Waals surface area contributed by atoms with Gasteiger partial charge in [-0.25, -0.2) is 0 Å². The highest BCUT2D eigenvalue weighted by molar-refractivity contribution is 5.81. The monoisotopic (exact) mass is 333 g/mol. The fraction of sp³-hybridized carbons (Fsp3) is 0.273. The zero-order chi connectivity index (χ0) is 18.0. The van der Waals surface area contributed by atoms with E-state index in [-0.39, 0.29) is 0 Å². The van der Waals surface area contributed by atoms with Gasteiger partial charge in [0, 0.05) is 6.54 Å².